The molecule has 2 heterocycles. The van der Waals surface area contributed by atoms with Crippen LogP contribution < -0.4 is 0 Å². The van der Waals surface area contributed by atoms with Crippen LogP contribution in [0.25, 0.3) is 0 Å². The zero-order valence-corrected chi connectivity index (χ0v) is 51.7. The molecule has 2 spiro atoms. The highest BCUT2D eigenvalue weighted by molar-refractivity contribution is 4.95. The molecule has 3 aliphatic rings. The van der Waals surface area contributed by atoms with Crippen molar-refractivity contribution in [3.8, 4) is 0 Å². The van der Waals surface area contributed by atoms with Crippen LogP contribution in [0.15, 0.2) is 0 Å². The molecule has 3 nitrogen and oxygen atoms in total. The van der Waals surface area contributed by atoms with E-state index in [2.05, 4.69) is 0 Å². The fourth-order valence-electron chi connectivity index (χ4n) is 13.6. The number of hydrogen-bond acceptors (Lipinski definition) is 3. The van der Waals surface area contributed by atoms with E-state index in [1.165, 1.54) is 424 Å². The van der Waals surface area contributed by atoms with Crippen molar-refractivity contribution in [3.05, 3.63) is 0 Å². The second kappa shape index (κ2) is 54.5. The van der Waals surface area contributed by atoms with E-state index < -0.39 is 0 Å². The van der Waals surface area contributed by atoms with Crippen molar-refractivity contribution in [1.82, 2.24) is 0 Å². The Hall–Kier alpha value is -0.120. The van der Waals surface area contributed by atoms with E-state index in [0.717, 1.165) is 26.4 Å². The number of epoxide rings is 1. The highest BCUT2D eigenvalue weighted by Crippen LogP contribution is 2.42. The summed E-state index contributed by atoms with van der Waals surface area (Å²) in [6.07, 6.45) is 94.4. The molecule has 0 N–H and O–H groups in total. The summed E-state index contributed by atoms with van der Waals surface area (Å²) in [5.41, 5.74) is 0.144. The molecule has 75 heavy (non-hydrogen) atoms. The van der Waals surface area contributed by atoms with Gasteiger partial charge in [-0.15, -0.1) is 0 Å². The minimum Gasteiger partial charge on any atom is -0.379 e. The number of hydrogen-bond donors (Lipinski definition) is 0. The first-order chi connectivity index (χ1) is 37.3. The van der Waals surface area contributed by atoms with Gasteiger partial charge in [-0.25, -0.2) is 0 Å². The van der Waals surface area contributed by atoms with E-state index in [-0.39, 0.29) is 11.2 Å². The smallest absolute Gasteiger partial charge is 0.0917 e. The first-order valence-electron chi connectivity index (χ1n) is 36.2. The molecule has 3 rings (SSSR count). The van der Waals surface area contributed by atoms with Crippen LogP contribution in [0.5, 0.6) is 0 Å². The van der Waals surface area contributed by atoms with Crippen LogP contribution in [0.3, 0.4) is 0 Å². The van der Waals surface area contributed by atoms with Crippen LogP contribution in [0.4, 0.5) is 0 Å². The van der Waals surface area contributed by atoms with Crippen molar-refractivity contribution in [2.75, 3.05) is 26.4 Å². The Labute approximate surface area is 473 Å². The van der Waals surface area contributed by atoms with Crippen LogP contribution in [-0.2, 0) is 14.2 Å². The van der Waals surface area contributed by atoms with Crippen molar-refractivity contribution in [3.63, 3.8) is 0 Å². The monoisotopic (exact) mass is 1050 g/mol. The normalized spacial score (nSPS) is 28.5. The summed E-state index contributed by atoms with van der Waals surface area (Å²) >= 11 is 0. The van der Waals surface area contributed by atoms with Crippen molar-refractivity contribution < 1.29 is 14.2 Å². The Kier molecular flexibility index (Phi) is 50.2. The van der Waals surface area contributed by atoms with Gasteiger partial charge in [0.15, 0.2) is 0 Å². The van der Waals surface area contributed by atoms with Gasteiger partial charge in [0.05, 0.1) is 31.0 Å². The summed E-state index contributed by atoms with van der Waals surface area (Å²) in [6, 6.07) is 0. The van der Waals surface area contributed by atoms with E-state index in [1.807, 2.05) is 0 Å². The van der Waals surface area contributed by atoms with Gasteiger partial charge < -0.3 is 14.2 Å². The largest absolute Gasteiger partial charge is 0.379 e. The van der Waals surface area contributed by atoms with Gasteiger partial charge in [-0.2, -0.15) is 0 Å². The highest BCUT2D eigenvalue weighted by Gasteiger charge is 2.45. The van der Waals surface area contributed by atoms with Gasteiger partial charge in [-0.1, -0.05) is 385 Å². The van der Waals surface area contributed by atoms with E-state index in [4.69, 9.17) is 14.2 Å². The molecule has 0 bridgehead atoms. The molecule has 0 amide bonds. The zero-order chi connectivity index (χ0) is 52.6. The number of rotatable bonds is 0. The Morgan fingerprint density at radius 2 is 0.307 bits per heavy atom. The van der Waals surface area contributed by atoms with Gasteiger partial charge in [0.25, 0.3) is 0 Å². The molecule has 0 aromatic carbocycles. The summed E-state index contributed by atoms with van der Waals surface area (Å²) in [7, 11) is 0. The summed E-state index contributed by atoms with van der Waals surface area (Å²) in [5, 5.41) is 0. The molecule has 0 radical (unpaired) electrons. The maximum atomic E-state index is 7.24. The second-order valence-electron chi connectivity index (χ2n) is 26.4. The predicted octanol–water partition coefficient (Wildman–Crippen LogP) is 25.3. The minimum absolute atomic E-state index is 0.00443. The van der Waals surface area contributed by atoms with E-state index in [9.17, 15) is 0 Å². The summed E-state index contributed by atoms with van der Waals surface area (Å²) in [6.45, 7) is 3.44. The maximum absolute atomic E-state index is 7.24. The lowest BCUT2D eigenvalue weighted by molar-refractivity contribution is -0.0887. The Bertz CT molecular complexity index is 1050. The molecule has 2 saturated heterocycles. The van der Waals surface area contributed by atoms with Gasteiger partial charge in [0, 0.05) is 6.61 Å². The molecule has 0 aromatic rings. The highest BCUT2D eigenvalue weighted by atomic mass is 16.6. The van der Waals surface area contributed by atoms with Crippen molar-refractivity contribution in [1.29, 1.82) is 0 Å². The molecule has 3 heteroatoms. The summed E-state index contributed by atoms with van der Waals surface area (Å²) in [4.78, 5) is 0. The molecular weight excluding hydrogens is 913 g/mol. The zero-order valence-electron chi connectivity index (χ0n) is 51.7. The second-order valence-corrected chi connectivity index (χ2v) is 26.4. The fourth-order valence-corrected chi connectivity index (χ4v) is 13.6. The molecule has 2 unspecified atom stereocenters. The first-order valence-corrected chi connectivity index (χ1v) is 36.2. The average Bonchev–Trinajstić information content (AvgIpc) is 4.20. The quantitative estimate of drug-likeness (QED) is 0.227. The standard InChI is InChI=1S/C72H140O3/c1-2-4-6-8-10-12-14-16-18-20-25-29-33-37-41-45-49-53-57-61-67-73-68-69-74-71(62-58-54-50-46-42-38-34-30-26-22-19-17-15-13-11-9-7-5-3-1)63-59-55-51-47-43-39-35-31-27-23-21-24-28-32-36-40-44-48-52-56-60-64-72(66-65-71)70-75-72/h1-70H2. The molecule has 3 fully saturated rings. The lowest BCUT2D eigenvalue weighted by atomic mass is 9.82. The molecule has 2 aliphatic heterocycles. The van der Waals surface area contributed by atoms with Gasteiger partial charge in [-0.3, -0.25) is 0 Å². The van der Waals surface area contributed by atoms with Crippen molar-refractivity contribution >= 4 is 0 Å². The van der Waals surface area contributed by atoms with Gasteiger partial charge >= 0.3 is 0 Å². The predicted molar refractivity (Wildman–Crippen MR) is 333 cm³/mol. The third kappa shape index (κ3) is 46.2. The van der Waals surface area contributed by atoms with Crippen molar-refractivity contribution in [2.45, 2.75) is 435 Å². The Morgan fingerprint density at radius 1 is 0.133 bits per heavy atom. The lowest BCUT2D eigenvalue weighted by Gasteiger charge is -2.36. The van der Waals surface area contributed by atoms with Crippen molar-refractivity contribution in [2.24, 2.45) is 0 Å². The van der Waals surface area contributed by atoms with E-state index in [1.54, 1.807) is 0 Å². The molecule has 2 atom stereocenters. The van der Waals surface area contributed by atoms with E-state index >= 15 is 0 Å². The Morgan fingerprint density at radius 3 is 0.520 bits per heavy atom. The SMILES string of the molecule is C1CCCCCCCCCCCCCCCCCCCCCC2(CCCCCCCCCCCCCCCCCCCCCCCC3(CC2)CO3)OCCOCCCCCCCCCCCCCCCCCCCC1. The van der Waals surface area contributed by atoms with Crippen LogP contribution in [0, 0.1) is 0 Å². The third-order valence-corrected chi connectivity index (χ3v) is 19.2. The fraction of sp³-hybridized carbons (Fsp3) is 1.00. The Balaban J connectivity index is 1.44. The molecule has 446 valence electrons. The lowest BCUT2D eigenvalue weighted by Crippen LogP contribution is -2.36. The molecular formula is C72H140O3. The average molecular weight is 1050 g/mol. The minimum atomic E-state index is -0.00443. The summed E-state index contributed by atoms with van der Waals surface area (Å²) in [5.74, 6) is 0. The molecule has 1 aliphatic carbocycles. The topological polar surface area (TPSA) is 31.0 Å². The van der Waals surface area contributed by atoms with Crippen LogP contribution >= 0.6 is 0 Å². The van der Waals surface area contributed by atoms with Gasteiger partial charge in [0.1, 0.15) is 0 Å². The van der Waals surface area contributed by atoms with E-state index in [0.29, 0.717) is 0 Å². The van der Waals surface area contributed by atoms with Crippen LogP contribution in [0.1, 0.15) is 424 Å². The summed E-state index contributed by atoms with van der Waals surface area (Å²) < 4.78 is 20.0. The van der Waals surface area contributed by atoms with Crippen LogP contribution in [0.2, 0.25) is 0 Å². The first kappa shape index (κ1) is 69.2. The van der Waals surface area contributed by atoms with Crippen LogP contribution in [-0.4, -0.2) is 37.6 Å². The number of ether oxygens (including phenoxy) is 3. The maximum Gasteiger partial charge on any atom is 0.0917 e. The molecule has 0 aromatic heterocycles. The third-order valence-electron chi connectivity index (χ3n) is 19.2. The van der Waals surface area contributed by atoms with Gasteiger partial charge in [-0.05, 0) is 38.5 Å². The molecule has 1 saturated carbocycles. The van der Waals surface area contributed by atoms with Gasteiger partial charge in [0.2, 0.25) is 0 Å².